The summed E-state index contributed by atoms with van der Waals surface area (Å²) in [5.74, 6) is -0.361. The minimum atomic E-state index is -0.361. The molecule has 0 aliphatic rings. The van der Waals surface area contributed by atoms with Crippen molar-refractivity contribution in [3.8, 4) is 0 Å². The number of unbranched alkanes of at least 4 members (excludes halogenated alkanes) is 2. The Morgan fingerprint density at radius 2 is 2.26 bits per heavy atom. The van der Waals surface area contributed by atoms with Gasteiger partial charge in [-0.25, -0.2) is 4.52 Å². The topological polar surface area (TPSA) is 92.2 Å². The number of hydrogen-bond acceptors (Lipinski definition) is 4. The molecule has 0 bridgehead atoms. The quantitative estimate of drug-likeness (QED) is 0.774. The molecule has 0 aromatic carbocycles. The predicted octanol–water partition coefficient (Wildman–Crippen LogP) is 0.646. The van der Waals surface area contributed by atoms with Crippen LogP contribution in [-0.4, -0.2) is 32.3 Å². The van der Waals surface area contributed by atoms with Crippen molar-refractivity contribution in [2.45, 2.75) is 33.1 Å². The second-order valence-corrected chi connectivity index (χ2v) is 4.46. The lowest BCUT2D eigenvalue weighted by molar-refractivity contribution is 0.0949. The van der Waals surface area contributed by atoms with E-state index in [-0.39, 0.29) is 22.7 Å². The van der Waals surface area contributed by atoms with Gasteiger partial charge in [-0.3, -0.25) is 9.59 Å². The number of aryl methyl sites for hydroxylation is 1. The Hall–Kier alpha value is -2.18. The van der Waals surface area contributed by atoms with Crippen LogP contribution in [0.5, 0.6) is 0 Å². The number of fused-ring (bicyclic) bond motifs is 1. The number of nitrogens with one attached hydrogen (secondary N) is 2. The van der Waals surface area contributed by atoms with E-state index >= 15 is 0 Å². The zero-order valence-corrected chi connectivity index (χ0v) is 11.1. The number of H-pyrrole nitrogens is 1. The molecule has 102 valence electrons. The lowest BCUT2D eigenvalue weighted by Gasteiger charge is -2.02. The SMILES string of the molecule is CCCCCNC(=O)c1nnn2cc(C)[nH]c(=O)c12. The highest BCUT2D eigenvalue weighted by Crippen LogP contribution is 2.02. The van der Waals surface area contributed by atoms with Crippen LogP contribution in [0.25, 0.3) is 5.52 Å². The van der Waals surface area contributed by atoms with Crippen LogP contribution in [0.2, 0.25) is 0 Å². The Balaban J connectivity index is 2.21. The summed E-state index contributed by atoms with van der Waals surface area (Å²) in [6.45, 7) is 4.42. The zero-order valence-electron chi connectivity index (χ0n) is 11.1. The van der Waals surface area contributed by atoms with Gasteiger partial charge in [-0.2, -0.15) is 0 Å². The summed E-state index contributed by atoms with van der Waals surface area (Å²) in [5.41, 5.74) is 0.553. The molecule has 0 spiro atoms. The largest absolute Gasteiger partial charge is 0.351 e. The maximum absolute atomic E-state index is 11.9. The molecule has 7 heteroatoms. The molecular weight excluding hydrogens is 246 g/mol. The van der Waals surface area contributed by atoms with E-state index in [1.807, 2.05) is 0 Å². The highest BCUT2D eigenvalue weighted by Gasteiger charge is 2.17. The molecular formula is C12H17N5O2. The maximum atomic E-state index is 11.9. The van der Waals surface area contributed by atoms with Gasteiger partial charge >= 0.3 is 0 Å². The molecule has 2 rings (SSSR count). The van der Waals surface area contributed by atoms with Crippen LogP contribution in [0.1, 0.15) is 42.4 Å². The van der Waals surface area contributed by atoms with Crippen molar-refractivity contribution < 1.29 is 4.79 Å². The van der Waals surface area contributed by atoms with E-state index in [4.69, 9.17) is 0 Å². The molecule has 7 nitrogen and oxygen atoms in total. The fourth-order valence-electron chi connectivity index (χ4n) is 1.86. The van der Waals surface area contributed by atoms with Gasteiger partial charge in [-0.1, -0.05) is 25.0 Å². The van der Waals surface area contributed by atoms with Crippen LogP contribution in [0.15, 0.2) is 11.0 Å². The van der Waals surface area contributed by atoms with Gasteiger partial charge < -0.3 is 10.3 Å². The first kappa shape index (κ1) is 13.3. The van der Waals surface area contributed by atoms with Gasteiger partial charge in [-0.05, 0) is 13.3 Å². The Morgan fingerprint density at radius 3 is 3.00 bits per heavy atom. The van der Waals surface area contributed by atoms with Crippen LogP contribution in [0.4, 0.5) is 0 Å². The van der Waals surface area contributed by atoms with Crippen molar-refractivity contribution in [3.05, 3.63) is 27.9 Å². The molecule has 0 saturated heterocycles. The highest BCUT2D eigenvalue weighted by molar-refractivity contribution is 5.98. The first-order valence-corrected chi connectivity index (χ1v) is 6.36. The van der Waals surface area contributed by atoms with Crippen molar-refractivity contribution in [3.63, 3.8) is 0 Å². The molecule has 0 aliphatic carbocycles. The fourth-order valence-corrected chi connectivity index (χ4v) is 1.86. The van der Waals surface area contributed by atoms with E-state index in [2.05, 4.69) is 27.5 Å². The maximum Gasteiger partial charge on any atom is 0.276 e. The van der Waals surface area contributed by atoms with Crippen molar-refractivity contribution in [2.75, 3.05) is 6.54 Å². The number of rotatable bonds is 5. The van der Waals surface area contributed by atoms with Gasteiger partial charge in [0.2, 0.25) is 0 Å². The van der Waals surface area contributed by atoms with Crippen molar-refractivity contribution in [1.29, 1.82) is 0 Å². The van der Waals surface area contributed by atoms with Crippen LogP contribution in [0.3, 0.4) is 0 Å². The molecule has 0 fully saturated rings. The summed E-state index contributed by atoms with van der Waals surface area (Å²) >= 11 is 0. The van der Waals surface area contributed by atoms with E-state index in [1.54, 1.807) is 13.1 Å². The van der Waals surface area contributed by atoms with Crippen LogP contribution >= 0.6 is 0 Å². The summed E-state index contributed by atoms with van der Waals surface area (Å²) in [4.78, 5) is 26.4. The number of nitrogens with zero attached hydrogens (tertiary/aromatic N) is 3. The van der Waals surface area contributed by atoms with E-state index in [0.717, 1.165) is 19.3 Å². The second kappa shape index (κ2) is 5.64. The first-order valence-electron chi connectivity index (χ1n) is 6.36. The van der Waals surface area contributed by atoms with Gasteiger partial charge in [0.1, 0.15) is 0 Å². The van der Waals surface area contributed by atoms with E-state index in [9.17, 15) is 9.59 Å². The van der Waals surface area contributed by atoms with E-state index < -0.39 is 0 Å². The molecule has 2 aromatic heterocycles. The van der Waals surface area contributed by atoms with Crippen molar-refractivity contribution in [1.82, 2.24) is 25.1 Å². The second-order valence-electron chi connectivity index (χ2n) is 4.46. The Kier molecular flexibility index (Phi) is 3.94. The predicted molar refractivity (Wildman–Crippen MR) is 70.2 cm³/mol. The van der Waals surface area contributed by atoms with E-state index in [1.165, 1.54) is 4.52 Å². The molecule has 2 aromatic rings. The third kappa shape index (κ3) is 2.81. The first-order chi connectivity index (χ1) is 9.13. The average molecular weight is 263 g/mol. The number of carbonyl (C=O) groups excluding carboxylic acids is 1. The monoisotopic (exact) mass is 263 g/mol. The molecule has 19 heavy (non-hydrogen) atoms. The molecule has 0 unspecified atom stereocenters. The molecule has 1 amide bonds. The number of aromatic amines is 1. The van der Waals surface area contributed by atoms with Crippen LogP contribution < -0.4 is 10.9 Å². The van der Waals surface area contributed by atoms with Gasteiger partial charge in [0.25, 0.3) is 11.5 Å². The Labute approximate surface area is 110 Å². The summed E-state index contributed by atoms with van der Waals surface area (Å²) in [6, 6.07) is 0. The summed E-state index contributed by atoms with van der Waals surface area (Å²) in [5, 5.41) is 10.3. The molecule has 2 heterocycles. The normalized spacial score (nSPS) is 10.8. The third-order valence-corrected chi connectivity index (χ3v) is 2.82. The highest BCUT2D eigenvalue weighted by atomic mass is 16.2. The average Bonchev–Trinajstić information content (AvgIpc) is 2.78. The smallest absolute Gasteiger partial charge is 0.276 e. The van der Waals surface area contributed by atoms with Gasteiger partial charge in [0.15, 0.2) is 11.2 Å². The summed E-state index contributed by atoms with van der Waals surface area (Å²) in [6.07, 6.45) is 4.68. The standard InChI is InChI=1S/C12H17N5O2/c1-3-4-5-6-13-11(18)9-10-12(19)14-8(2)7-17(10)16-15-9/h7H,3-6H2,1-2H3,(H,13,18)(H,14,19). The minimum absolute atomic E-state index is 0.0674. The van der Waals surface area contributed by atoms with Crippen LogP contribution in [0, 0.1) is 6.92 Å². The summed E-state index contributed by atoms with van der Waals surface area (Å²) < 4.78 is 1.33. The van der Waals surface area contributed by atoms with Gasteiger partial charge in [-0.15, -0.1) is 5.10 Å². The fraction of sp³-hybridized carbons (Fsp3) is 0.500. The van der Waals surface area contributed by atoms with Crippen molar-refractivity contribution in [2.24, 2.45) is 0 Å². The number of hydrogen-bond donors (Lipinski definition) is 2. The van der Waals surface area contributed by atoms with Gasteiger partial charge in [0, 0.05) is 12.2 Å². The third-order valence-electron chi connectivity index (χ3n) is 2.82. The lowest BCUT2D eigenvalue weighted by Crippen LogP contribution is -2.26. The molecule has 2 N–H and O–H groups in total. The zero-order chi connectivity index (χ0) is 13.8. The van der Waals surface area contributed by atoms with Crippen LogP contribution in [-0.2, 0) is 0 Å². The minimum Gasteiger partial charge on any atom is -0.351 e. The van der Waals surface area contributed by atoms with Crippen molar-refractivity contribution >= 4 is 11.4 Å². The van der Waals surface area contributed by atoms with Gasteiger partial charge in [0.05, 0.1) is 6.20 Å². The molecule has 0 atom stereocenters. The van der Waals surface area contributed by atoms with E-state index in [0.29, 0.717) is 12.2 Å². The number of aromatic nitrogens is 4. The molecule has 0 radical (unpaired) electrons. The molecule has 0 saturated carbocycles. The molecule has 0 aliphatic heterocycles. The Morgan fingerprint density at radius 1 is 1.47 bits per heavy atom. The lowest BCUT2D eigenvalue weighted by atomic mass is 10.2. The summed E-state index contributed by atoms with van der Waals surface area (Å²) in [7, 11) is 0. The Bertz CT molecular complexity index is 643. The number of carbonyl (C=O) groups is 1. The number of amides is 1.